The molecule has 2 atom stereocenters. The Kier molecular flexibility index (Phi) is 6.46. The van der Waals surface area contributed by atoms with Crippen LogP contribution in [0, 0.1) is 6.92 Å². The van der Waals surface area contributed by atoms with Crippen molar-refractivity contribution >= 4 is 50.3 Å². The lowest BCUT2D eigenvalue weighted by Gasteiger charge is -2.26. The van der Waals surface area contributed by atoms with E-state index in [-0.39, 0.29) is 12.1 Å². The number of thiocarbonyl (C=S) groups is 1. The van der Waals surface area contributed by atoms with Gasteiger partial charge in [-0.15, -0.1) is 0 Å². The van der Waals surface area contributed by atoms with Gasteiger partial charge in [-0.05, 0) is 79.3 Å². The number of hydrogen-bond donors (Lipinski definition) is 2. The highest BCUT2D eigenvalue weighted by Crippen LogP contribution is 2.43. The summed E-state index contributed by atoms with van der Waals surface area (Å²) in [6.45, 7) is 1.96. The first-order chi connectivity index (χ1) is 17.2. The summed E-state index contributed by atoms with van der Waals surface area (Å²) in [5, 5.41) is 4.57. The fourth-order valence-corrected chi connectivity index (χ4v) is 5.33. The Morgan fingerprint density at radius 1 is 1.08 bits per heavy atom. The summed E-state index contributed by atoms with van der Waals surface area (Å²) < 4.78 is 32.1. The van der Waals surface area contributed by atoms with Crippen molar-refractivity contribution in [3.8, 4) is 11.3 Å². The van der Waals surface area contributed by atoms with Gasteiger partial charge >= 0.3 is 0 Å². The van der Waals surface area contributed by atoms with E-state index in [1.807, 2.05) is 72.5 Å². The van der Waals surface area contributed by atoms with E-state index in [2.05, 4.69) is 15.0 Å². The maximum Gasteiger partial charge on any atom is 0.229 e. The van der Waals surface area contributed by atoms with Crippen LogP contribution in [0.2, 0.25) is 5.02 Å². The largest absolute Gasteiger partial charge is 0.459 e. The second-order valence-electron chi connectivity index (χ2n) is 8.58. The minimum Gasteiger partial charge on any atom is -0.459 e. The molecule has 2 aromatic heterocycles. The number of halogens is 1. The van der Waals surface area contributed by atoms with Gasteiger partial charge in [-0.2, -0.15) is 0 Å². The van der Waals surface area contributed by atoms with E-state index in [1.54, 1.807) is 18.3 Å². The van der Waals surface area contributed by atoms with Crippen LogP contribution in [-0.2, 0) is 10.0 Å². The highest BCUT2D eigenvalue weighted by molar-refractivity contribution is 7.92. The summed E-state index contributed by atoms with van der Waals surface area (Å²) in [5.74, 6) is 1.39. The van der Waals surface area contributed by atoms with Crippen LogP contribution in [0.25, 0.3) is 11.3 Å². The smallest absolute Gasteiger partial charge is 0.229 e. The van der Waals surface area contributed by atoms with Crippen molar-refractivity contribution in [2.75, 3.05) is 15.9 Å². The molecule has 184 valence electrons. The number of pyridine rings is 1. The number of aromatic nitrogens is 1. The second kappa shape index (κ2) is 9.57. The summed E-state index contributed by atoms with van der Waals surface area (Å²) >= 11 is 12.1. The Hall–Kier alpha value is -3.40. The predicted molar refractivity (Wildman–Crippen MR) is 147 cm³/mol. The quantitative estimate of drug-likeness (QED) is 0.298. The Labute approximate surface area is 220 Å². The summed E-state index contributed by atoms with van der Waals surface area (Å²) in [7, 11) is -3.38. The van der Waals surface area contributed by atoms with E-state index in [0.717, 1.165) is 28.8 Å². The molecular weight excluding hydrogens is 516 g/mol. The summed E-state index contributed by atoms with van der Waals surface area (Å²) in [5.41, 5.74) is 3.94. The number of rotatable bonds is 6. The van der Waals surface area contributed by atoms with Gasteiger partial charge in [0.25, 0.3) is 0 Å². The lowest BCUT2D eigenvalue weighted by molar-refractivity contribution is 0.439. The van der Waals surface area contributed by atoms with Crippen LogP contribution < -0.4 is 14.9 Å². The van der Waals surface area contributed by atoms with Crippen LogP contribution in [0.3, 0.4) is 0 Å². The lowest BCUT2D eigenvalue weighted by Crippen LogP contribution is -2.29. The third-order valence-corrected chi connectivity index (χ3v) is 7.25. The van der Waals surface area contributed by atoms with E-state index < -0.39 is 10.0 Å². The maximum atomic E-state index is 11.6. The Morgan fingerprint density at radius 3 is 2.53 bits per heavy atom. The average Bonchev–Trinajstić information content (AvgIpc) is 3.46. The molecule has 36 heavy (non-hydrogen) atoms. The monoisotopic (exact) mass is 538 g/mol. The highest BCUT2D eigenvalue weighted by Gasteiger charge is 2.42. The molecule has 0 bridgehead atoms. The molecule has 2 aromatic carbocycles. The molecule has 1 aliphatic rings. The highest BCUT2D eigenvalue weighted by atomic mass is 35.5. The third kappa shape index (κ3) is 4.95. The SMILES string of the molecule is Cc1ccc(-c2ccc(C3C(c4ccccn4)NC(=S)N3c3ccc(NS(C)(=O)=O)cc3)o2)cc1Cl. The number of sulfonamides is 1. The van der Waals surface area contributed by atoms with Gasteiger partial charge in [0.05, 0.1) is 18.0 Å². The molecule has 7 nitrogen and oxygen atoms in total. The van der Waals surface area contributed by atoms with Crippen LogP contribution in [0.1, 0.15) is 29.1 Å². The van der Waals surface area contributed by atoms with Crippen molar-refractivity contribution in [3.05, 3.63) is 101 Å². The van der Waals surface area contributed by atoms with Gasteiger partial charge in [-0.3, -0.25) is 9.71 Å². The van der Waals surface area contributed by atoms with Crippen molar-refractivity contribution in [1.82, 2.24) is 10.3 Å². The van der Waals surface area contributed by atoms with Crippen LogP contribution in [0.4, 0.5) is 11.4 Å². The molecule has 0 radical (unpaired) electrons. The van der Waals surface area contributed by atoms with Crippen LogP contribution in [-0.4, -0.2) is 24.8 Å². The standard InChI is InChI=1S/C26H23ClN4O3S2/c1-16-6-7-17(15-20(16)27)22-12-13-23(34-22)25-24(21-5-3-4-14-28-21)29-26(35)31(25)19-10-8-18(9-11-19)30-36(2,32)33/h3-15,24-25,30H,1-2H3,(H,29,35). The number of furan rings is 1. The van der Waals surface area contributed by atoms with E-state index in [0.29, 0.717) is 27.3 Å². The van der Waals surface area contributed by atoms with E-state index in [1.165, 1.54) is 0 Å². The minimum absolute atomic E-state index is 0.270. The van der Waals surface area contributed by atoms with Crippen molar-refractivity contribution in [1.29, 1.82) is 0 Å². The van der Waals surface area contributed by atoms with Crippen LogP contribution >= 0.6 is 23.8 Å². The van der Waals surface area contributed by atoms with E-state index in [9.17, 15) is 8.42 Å². The lowest BCUT2D eigenvalue weighted by atomic mass is 10.0. The molecule has 10 heteroatoms. The molecule has 0 amide bonds. The molecule has 2 unspecified atom stereocenters. The van der Waals surface area contributed by atoms with Crippen molar-refractivity contribution in [2.45, 2.75) is 19.0 Å². The summed E-state index contributed by atoms with van der Waals surface area (Å²) in [6, 6.07) is 21.8. The number of anilines is 2. The van der Waals surface area contributed by atoms with E-state index >= 15 is 0 Å². The van der Waals surface area contributed by atoms with Gasteiger partial charge in [-0.1, -0.05) is 29.8 Å². The molecule has 1 saturated heterocycles. The Morgan fingerprint density at radius 2 is 1.86 bits per heavy atom. The molecule has 4 aromatic rings. The molecule has 0 spiro atoms. The number of benzene rings is 2. The van der Waals surface area contributed by atoms with Crippen LogP contribution in [0.5, 0.6) is 0 Å². The zero-order valence-electron chi connectivity index (χ0n) is 19.5. The molecule has 1 aliphatic heterocycles. The molecule has 3 heterocycles. The molecule has 0 saturated carbocycles. The number of nitrogens with zero attached hydrogens (tertiary/aromatic N) is 2. The van der Waals surface area contributed by atoms with Crippen molar-refractivity contribution < 1.29 is 12.8 Å². The zero-order valence-corrected chi connectivity index (χ0v) is 21.9. The fourth-order valence-electron chi connectivity index (χ4n) is 4.24. The van der Waals surface area contributed by atoms with Gasteiger partial charge < -0.3 is 14.6 Å². The normalized spacial score (nSPS) is 17.8. The topological polar surface area (TPSA) is 87.5 Å². The number of hydrogen-bond acceptors (Lipinski definition) is 5. The first-order valence-electron chi connectivity index (χ1n) is 11.1. The number of nitrogens with one attached hydrogen (secondary N) is 2. The molecule has 1 fully saturated rings. The summed E-state index contributed by atoms with van der Waals surface area (Å²) in [4.78, 5) is 6.52. The minimum atomic E-state index is -3.38. The first-order valence-corrected chi connectivity index (χ1v) is 13.8. The van der Waals surface area contributed by atoms with Crippen molar-refractivity contribution in [3.63, 3.8) is 0 Å². The molecule has 2 N–H and O–H groups in total. The predicted octanol–water partition coefficient (Wildman–Crippen LogP) is 5.85. The van der Waals surface area contributed by atoms with Crippen LogP contribution in [0.15, 0.2) is 83.4 Å². The fraction of sp³-hybridized carbons (Fsp3) is 0.154. The van der Waals surface area contributed by atoms with Gasteiger partial charge in [0.1, 0.15) is 17.6 Å². The maximum absolute atomic E-state index is 11.6. The number of aryl methyl sites for hydroxylation is 1. The molecule has 0 aliphatic carbocycles. The van der Waals surface area contributed by atoms with Gasteiger partial charge in [0, 0.05) is 28.2 Å². The van der Waals surface area contributed by atoms with E-state index in [4.69, 9.17) is 28.2 Å². The zero-order chi connectivity index (χ0) is 25.4. The molecular formula is C26H23ClN4O3S2. The second-order valence-corrected chi connectivity index (χ2v) is 11.1. The average molecular weight is 539 g/mol. The Balaban J connectivity index is 1.55. The van der Waals surface area contributed by atoms with Crippen molar-refractivity contribution in [2.24, 2.45) is 0 Å². The first kappa shape index (κ1) is 24.3. The van der Waals surface area contributed by atoms with Gasteiger partial charge in [0.15, 0.2) is 5.11 Å². The third-order valence-electron chi connectivity index (χ3n) is 5.92. The van der Waals surface area contributed by atoms with Gasteiger partial charge in [0.2, 0.25) is 10.0 Å². The molecule has 5 rings (SSSR count). The van der Waals surface area contributed by atoms with Gasteiger partial charge in [-0.25, -0.2) is 8.42 Å². The summed E-state index contributed by atoms with van der Waals surface area (Å²) in [6.07, 6.45) is 2.86. The Bertz CT molecular complexity index is 1520.